The number of carbonyl (C=O) groups is 2. The van der Waals surface area contributed by atoms with Crippen LogP contribution >= 0.6 is 0 Å². The van der Waals surface area contributed by atoms with Crippen molar-refractivity contribution in [2.75, 3.05) is 19.8 Å². The molecule has 0 saturated carbocycles. The number of phenolic OH excluding ortho intramolecular Hbond substituents is 2. The summed E-state index contributed by atoms with van der Waals surface area (Å²) in [6.07, 6.45) is 0. The van der Waals surface area contributed by atoms with E-state index in [4.69, 9.17) is 14.2 Å². The van der Waals surface area contributed by atoms with Gasteiger partial charge in [-0.25, -0.2) is 9.59 Å². The second-order valence-electron chi connectivity index (χ2n) is 6.91. The van der Waals surface area contributed by atoms with Crippen LogP contribution in [0.25, 0.3) is 10.8 Å². The van der Waals surface area contributed by atoms with Crippen molar-refractivity contribution in [1.29, 1.82) is 0 Å². The van der Waals surface area contributed by atoms with Crippen LogP contribution in [0.2, 0.25) is 0 Å². The van der Waals surface area contributed by atoms with E-state index >= 15 is 0 Å². The Labute approximate surface area is 190 Å². The maximum Gasteiger partial charge on any atom is 0.344 e. The summed E-state index contributed by atoms with van der Waals surface area (Å²) in [7, 11) is 0. The molecule has 0 saturated heterocycles. The van der Waals surface area contributed by atoms with Crippen LogP contribution in [0.15, 0.2) is 52.7 Å². The molecule has 0 bridgehead atoms. The minimum atomic E-state index is -0.645. The lowest BCUT2D eigenvalue weighted by atomic mass is 10.0. The number of benzene rings is 3. The topological polar surface area (TPSA) is 127 Å². The second kappa shape index (κ2) is 10.4. The van der Waals surface area contributed by atoms with E-state index in [0.717, 1.165) is 0 Å². The first-order chi connectivity index (χ1) is 15.9. The summed E-state index contributed by atoms with van der Waals surface area (Å²) >= 11 is 0. The van der Waals surface area contributed by atoms with E-state index in [2.05, 4.69) is 10.2 Å². The van der Waals surface area contributed by atoms with Gasteiger partial charge in [0.05, 0.1) is 18.9 Å². The Morgan fingerprint density at radius 3 is 2.30 bits per heavy atom. The molecule has 9 heteroatoms. The number of nitrogens with zero attached hydrogens (tertiary/aromatic N) is 2. The summed E-state index contributed by atoms with van der Waals surface area (Å²) < 4.78 is 15.5. The number of aromatic hydroxyl groups is 2. The molecule has 3 aromatic carbocycles. The van der Waals surface area contributed by atoms with Gasteiger partial charge in [-0.3, -0.25) is 0 Å². The van der Waals surface area contributed by atoms with Gasteiger partial charge in [-0.1, -0.05) is 24.3 Å². The lowest BCUT2D eigenvalue weighted by Gasteiger charge is -2.15. The van der Waals surface area contributed by atoms with Crippen molar-refractivity contribution in [2.24, 2.45) is 10.2 Å². The van der Waals surface area contributed by atoms with E-state index < -0.39 is 11.9 Å². The van der Waals surface area contributed by atoms with Crippen LogP contribution in [-0.2, 0) is 14.3 Å². The van der Waals surface area contributed by atoms with Crippen molar-refractivity contribution < 1.29 is 34.0 Å². The summed E-state index contributed by atoms with van der Waals surface area (Å²) in [4.78, 5) is 23.7. The van der Waals surface area contributed by atoms with Crippen molar-refractivity contribution in [3.05, 3.63) is 53.6 Å². The quantitative estimate of drug-likeness (QED) is 0.360. The zero-order valence-corrected chi connectivity index (χ0v) is 18.5. The van der Waals surface area contributed by atoms with Crippen LogP contribution < -0.4 is 4.74 Å². The number of carbonyl (C=O) groups excluding carboxylic acids is 2. The smallest absolute Gasteiger partial charge is 0.344 e. The summed E-state index contributed by atoms with van der Waals surface area (Å²) in [5.41, 5.74) is 0.957. The van der Waals surface area contributed by atoms with Crippen LogP contribution in [0.4, 0.5) is 11.4 Å². The van der Waals surface area contributed by atoms with Gasteiger partial charge in [-0.15, -0.1) is 5.11 Å². The minimum Gasteiger partial charge on any atom is -0.507 e. The molecule has 0 amide bonds. The Kier molecular flexibility index (Phi) is 7.45. The van der Waals surface area contributed by atoms with Crippen LogP contribution in [0.3, 0.4) is 0 Å². The number of esters is 2. The van der Waals surface area contributed by atoms with Gasteiger partial charge in [0.2, 0.25) is 0 Å². The van der Waals surface area contributed by atoms with Gasteiger partial charge in [0.15, 0.2) is 12.4 Å². The van der Waals surface area contributed by atoms with E-state index in [0.29, 0.717) is 22.0 Å². The molecule has 0 radical (unpaired) electrons. The highest BCUT2D eigenvalue weighted by Gasteiger charge is 2.19. The van der Waals surface area contributed by atoms with Gasteiger partial charge >= 0.3 is 11.9 Å². The van der Waals surface area contributed by atoms with E-state index in [9.17, 15) is 19.8 Å². The molecule has 0 spiro atoms. The average molecular weight is 452 g/mol. The average Bonchev–Trinajstić information content (AvgIpc) is 2.80. The van der Waals surface area contributed by atoms with Gasteiger partial charge in [0.25, 0.3) is 0 Å². The largest absolute Gasteiger partial charge is 0.507 e. The number of phenols is 2. The summed E-state index contributed by atoms with van der Waals surface area (Å²) in [5, 5.41) is 30.4. The fraction of sp³-hybridized carbons (Fsp3) is 0.250. The Balaban J connectivity index is 2.04. The first kappa shape index (κ1) is 23.5. The molecule has 9 nitrogen and oxygen atoms in total. The zero-order valence-electron chi connectivity index (χ0n) is 18.5. The molecule has 0 aliphatic heterocycles. The first-order valence-corrected chi connectivity index (χ1v) is 10.3. The number of hydrogen-bond acceptors (Lipinski definition) is 9. The predicted molar refractivity (Wildman–Crippen MR) is 121 cm³/mol. The normalized spacial score (nSPS) is 11.0. The molecule has 0 aromatic heterocycles. The molecule has 0 aliphatic rings. The third kappa shape index (κ3) is 5.20. The van der Waals surface area contributed by atoms with Crippen LogP contribution in [0.1, 0.15) is 29.8 Å². The molecule has 2 N–H and O–H groups in total. The van der Waals surface area contributed by atoms with E-state index in [1.54, 1.807) is 45.0 Å². The molecular weight excluding hydrogens is 428 g/mol. The van der Waals surface area contributed by atoms with Crippen molar-refractivity contribution in [3.8, 4) is 17.2 Å². The maximum atomic E-state index is 11.9. The minimum absolute atomic E-state index is 0.000146. The Morgan fingerprint density at radius 2 is 1.64 bits per heavy atom. The van der Waals surface area contributed by atoms with E-state index in [1.165, 1.54) is 18.2 Å². The first-order valence-electron chi connectivity index (χ1n) is 10.3. The molecule has 3 rings (SSSR count). The highest BCUT2D eigenvalue weighted by Crippen LogP contribution is 2.45. The highest BCUT2D eigenvalue weighted by molar-refractivity contribution is 6.01. The predicted octanol–water partition coefficient (Wildman–Crippen LogP) is 5.09. The van der Waals surface area contributed by atoms with E-state index in [1.807, 2.05) is 0 Å². The van der Waals surface area contributed by atoms with Crippen molar-refractivity contribution >= 4 is 34.1 Å². The van der Waals surface area contributed by atoms with Gasteiger partial charge < -0.3 is 24.4 Å². The van der Waals surface area contributed by atoms with Crippen LogP contribution in [0, 0.1) is 6.92 Å². The Hall–Kier alpha value is -4.14. The van der Waals surface area contributed by atoms with Crippen LogP contribution in [0.5, 0.6) is 17.2 Å². The van der Waals surface area contributed by atoms with Gasteiger partial charge in [0, 0.05) is 22.4 Å². The van der Waals surface area contributed by atoms with Crippen LogP contribution in [-0.4, -0.2) is 42.0 Å². The maximum absolute atomic E-state index is 11.9. The molecular formula is C24H24N2O7. The SMILES string of the molecule is CCOC(=O)COc1c(C)c(O)c2ccccc2c1N=Nc1ccc(C(=O)OCC)c(O)c1. The molecule has 33 heavy (non-hydrogen) atoms. The lowest BCUT2D eigenvalue weighted by molar-refractivity contribution is -0.145. The third-order valence-corrected chi connectivity index (χ3v) is 4.73. The Morgan fingerprint density at radius 1 is 0.939 bits per heavy atom. The molecule has 0 heterocycles. The molecule has 3 aromatic rings. The summed E-state index contributed by atoms with van der Waals surface area (Å²) in [6.45, 7) is 5.02. The van der Waals surface area contributed by atoms with Gasteiger partial charge in [-0.2, -0.15) is 5.11 Å². The fourth-order valence-corrected chi connectivity index (χ4v) is 3.19. The number of hydrogen-bond donors (Lipinski definition) is 2. The molecule has 0 atom stereocenters. The van der Waals surface area contributed by atoms with Gasteiger partial charge in [0.1, 0.15) is 22.7 Å². The standard InChI is InChI=1S/C24H24N2O7/c1-4-31-20(28)13-33-23-14(3)22(29)17-9-7-6-8-16(17)21(23)26-25-15-10-11-18(19(27)12-15)24(30)32-5-2/h6-12,27,29H,4-5,13H2,1-3H3. The summed E-state index contributed by atoms with van der Waals surface area (Å²) in [5.74, 6) is -1.33. The fourth-order valence-electron chi connectivity index (χ4n) is 3.19. The highest BCUT2D eigenvalue weighted by atomic mass is 16.6. The second-order valence-corrected chi connectivity index (χ2v) is 6.91. The third-order valence-electron chi connectivity index (χ3n) is 4.73. The van der Waals surface area contributed by atoms with Gasteiger partial charge in [-0.05, 0) is 32.9 Å². The zero-order chi connectivity index (χ0) is 24.0. The van der Waals surface area contributed by atoms with E-state index in [-0.39, 0.29) is 48.3 Å². The number of fused-ring (bicyclic) bond motifs is 1. The molecule has 0 unspecified atom stereocenters. The number of rotatable bonds is 8. The lowest BCUT2D eigenvalue weighted by Crippen LogP contribution is -2.15. The number of azo groups is 1. The monoisotopic (exact) mass is 452 g/mol. The van der Waals surface area contributed by atoms with Crippen molar-refractivity contribution in [2.45, 2.75) is 20.8 Å². The van der Waals surface area contributed by atoms with Crippen molar-refractivity contribution in [1.82, 2.24) is 0 Å². The summed E-state index contributed by atoms with van der Waals surface area (Å²) in [6, 6.07) is 11.2. The van der Waals surface area contributed by atoms with Crippen molar-refractivity contribution in [3.63, 3.8) is 0 Å². The molecule has 0 aliphatic carbocycles. The molecule has 0 fully saturated rings. The Bertz CT molecular complexity index is 1220. The molecule has 172 valence electrons. The number of ether oxygens (including phenoxy) is 3.